The lowest BCUT2D eigenvalue weighted by atomic mass is 9.89. The van der Waals surface area contributed by atoms with Crippen LogP contribution in [0.4, 0.5) is 4.79 Å². The second kappa shape index (κ2) is 5.84. The van der Waals surface area contributed by atoms with Crippen molar-refractivity contribution in [1.29, 1.82) is 0 Å². The molecule has 1 saturated heterocycles. The first-order valence-electron chi connectivity index (χ1n) is 9.52. The molecule has 138 valence electrons. The second-order valence-corrected chi connectivity index (χ2v) is 7.66. The second-order valence-electron chi connectivity index (χ2n) is 7.66. The van der Waals surface area contributed by atoms with Crippen molar-refractivity contribution in [3.8, 4) is 11.1 Å². The first kappa shape index (κ1) is 16.4. The van der Waals surface area contributed by atoms with Crippen LogP contribution in [-0.2, 0) is 9.53 Å². The summed E-state index contributed by atoms with van der Waals surface area (Å²) in [6.07, 6.45) is 2.59. The molecule has 0 bridgehead atoms. The number of carbonyl (C=O) groups is 2. The van der Waals surface area contributed by atoms with Gasteiger partial charge in [0.25, 0.3) is 0 Å². The fourth-order valence-electron chi connectivity index (χ4n) is 5.09. The first-order valence-corrected chi connectivity index (χ1v) is 9.52. The van der Waals surface area contributed by atoms with Crippen LogP contribution in [0.25, 0.3) is 11.1 Å². The van der Waals surface area contributed by atoms with Gasteiger partial charge in [0.1, 0.15) is 6.61 Å². The van der Waals surface area contributed by atoms with E-state index in [1.165, 1.54) is 16.0 Å². The normalized spacial score (nSPS) is 25.3. The lowest BCUT2D eigenvalue weighted by Gasteiger charge is -2.16. The highest BCUT2D eigenvalue weighted by Crippen LogP contribution is 2.52. The number of carboxylic acids is 1. The van der Waals surface area contributed by atoms with Gasteiger partial charge in [-0.2, -0.15) is 0 Å². The van der Waals surface area contributed by atoms with Crippen LogP contribution in [0.2, 0.25) is 0 Å². The molecule has 1 aliphatic heterocycles. The third-order valence-electron chi connectivity index (χ3n) is 6.41. The SMILES string of the molecule is O=C(OCC1c2ccccc2-c2ccccc21)N1C2CCCCC21C(=O)O. The van der Waals surface area contributed by atoms with Gasteiger partial charge < -0.3 is 9.84 Å². The van der Waals surface area contributed by atoms with Gasteiger partial charge in [-0.1, -0.05) is 61.4 Å². The minimum Gasteiger partial charge on any atom is -0.479 e. The van der Waals surface area contributed by atoms with Crippen LogP contribution in [0.5, 0.6) is 0 Å². The van der Waals surface area contributed by atoms with Crippen molar-refractivity contribution >= 4 is 12.1 Å². The van der Waals surface area contributed by atoms with E-state index in [0.29, 0.717) is 6.42 Å². The molecule has 5 rings (SSSR count). The Balaban J connectivity index is 1.37. The highest BCUT2D eigenvalue weighted by atomic mass is 16.6. The third kappa shape index (κ3) is 2.24. The smallest absolute Gasteiger partial charge is 0.411 e. The molecule has 2 unspecified atom stereocenters. The van der Waals surface area contributed by atoms with E-state index in [1.807, 2.05) is 24.3 Å². The first-order chi connectivity index (χ1) is 13.1. The molecule has 1 amide bonds. The molecule has 3 aliphatic rings. The average molecular weight is 363 g/mol. The quantitative estimate of drug-likeness (QED) is 0.837. The summed E-state index contributed by atoms with van der Waals surface area (Å²) in [5, 5.41) is 9.65. The molecule has 0 spiro atoms. The Morgan fingerprint density at radius 3 is 2.26 bits per heavy atom. The molecular weight excluding hydrogens is 342 g/mol. The van der Waals surface area contributed by atoms with E-state index >= 15 is 0 Å². The molecule has 1 saturated carbocycles. The Morgan fingerprint density at radius 2 is 1.67 bits per heavy atom. The lowest BCUT2D eigenvalue weighted by molar-refractivity contribution is -0.141. The van der Waals surface area contributed by atoms with Crippen LogP contribution >= 0.6 is 0 Å². The van der Waals surface area contributed by atoms with Crippen LogP contribution < -0.4 is 0 Å². The van der Waals surface area contributed by atoms with Gasteiger partial charge in [0.05, 0.1) is 6.04 Å². The monoisotopic (exact) mass is 363 g/mol. The summed E-state index contributed by atoms with van der Waals surface area (Å²) in [5.74, 6) is -0.912. The van der Waals surface area contributed by atoms with Crippen LogP contribution in [-0.4, -0.2) is 40.3 Å². The molecular formula is C22H21NO4. The lowest BCUT2D eigenvalue weighted by Crippen LogP contribution is -2.34. The highest BCUT2D eigenvalue weighted by molar-refractivity contribution is 5.92. The van der Waals surface area contributed by atoms with E-state index in [9.17, 15) is 14.7 Å². The molecule has 2 aromatic rings. The Bertz CT molecular complexity index is 894. The minimum atomic E-state index is -1.03. The summed E-state index contributed by atoms with van der Waals surface area (Å²) in [4.78, 5) is 25.9. The number of rotatable bonds is 3. The largest absolute Gasteiger partial charge is 0.479 e. The van der Waals surface area contributed by atoms with Crippen molar-refractivity contribution in [1.82, 2.24) is 4.90 Å². The van der Waals surface area contributed by atoms with Crippen LogP contribution in [0.1, 0.15) is 42.7 Å². The predicted molar refractivity (Wildman–Crippen MR) is 99.5 cm³/mol. The fourth-order valence-corrected chi connectivity index (χ4v) is 5.09. The average Bonchev–Trinajstić information content (AvgIpc) is 3.30. The number of nitrogens with zero attached hydrogens (tertiary/aromatic N) is 1. The third-order valence-corrected chi connectivity index (χ3v) is 6.41. The number of ether oxygens (including phenoxy) is 1. The van der Waals surface area contributed by atoms with E-state index in [4.69, 9.17) is 4.74 Å². The summed E-state index contributed by atoms with van der Waals surface area (Å²) in [6.45, 7) is 0.228. The Labute approximate surface area is 157 Å². The van der Waals surface area contributed by atoms with Gasteiger partial charge in [0.15, 0.2) is 5.54 Å². The zero-order valence-corrected chi connectivity index (χ0v) is 14.9. The maximum Gasteiger partial charge on any atom is 0.411 e. The van der Waals surface area contributed by atoms with Gasteiger partial charge in [-0.15, -0.1) is 0 Å². The van der Waals surface area contributed by atoms with Gasteiger partial charge in [0.2, 0.25) is 0 Å². The van der Waals surface area contributed by atoms with Gasteiger partial charge in [-0.05, 0) is 35.1 Å². The van der Waals surface area contributed by atoms with Crippen molar-refractivity contribution in [2.75, 3.05) is 6.61 Å². The van der Waals surface area contributed by atoms with E-state index in [2.05, 4.69) is 24.3 Å². The Kier molecular flexibility index (Phi) is 3.54. The number of aliphatic carboxylic acids is 1. The maximum absolute atomic E-state index is 12.7. The van der Waals surface area contributed by atoms with E-state index in [-0.39, 0.29) is 18.6 Å². The van der Waals surface area contributed by atoms with Gasteiger partial charge in [-0.3, -0.25) is 4.90 Å². The standard InChI is InChI=1S/C22H21NO4/c24-20(25)22-12-6-5-11-19(22)23(22)21(26)27-13-18-16-9-3-1-7-14(16)15-8-2-4-10-17(15)18/h1-4,7-10,18-19H,5-6,11-13H2,(H,24,25). The fraction of sp³-hybridized carbons (Fsp3) is 0.364. The summed E-state index contributed by atoms with van der Waals surface area (Å²) < 4.78 is 5.65. The van der Waals surface area contributed by atoms with Crippen molar-refractivity contribution in [3.63, 3.8) is 0 Å². The number of hydrogen-bond donors (Lipinski definition) is 1. The van der Waals surface area contributed by atoms with E-state index in [0.717, 1.165) is 30.4 Å². The number of amides is 1. The zero-order chi connectivity index (χ0) is 18.6. The topological polar surface area (TPSA) is 66.6 Å². The van der Waals surface area contributed by atoms with Crippen LogP contribution in [0, 0.1) is 0 Å². The number of carbonyl (C=O) groups excluding carboxylic acids is 1. The van der Waals surface area contributed by atoms with Gasteiger partial charge in [0, 0.05) is 5.92 Å². The van der Waals surface area contributed by atoms with Crippen molar-refractivity contribution < 1.29 is 19.4 Å². The van der Waals surface area contributed by atoms with Gasteiger partial charge in [-0.25, -0.2) is 9.59 Å². The predicted octanol–water partition coefficient (Wildman–Crippen LogP) is 4.02. The molecule has 2 atom stereocenters. The maximum atomic E-state index is 12.7. The molecule has 0 radical (unpaired) electrons. The molecule has 27 heavy (non-hydrogen) atoms. The number of likely N-dealkylation sites (tertiary alicyclic amines) is 1. The highest BCUT2D eigenvalue weighted by Gasteiger charge is 2.71. The molecule has 1 N–H and O–H groups in total. The van der Waals surface area contributed by atoms with Crippen molar-refractivity contribution in [3.05, 3.63) is 59.7 Å². The Hall–Kier alpha value is -2.82. The molecule has 2 aromatic carbocycles. The molecule has 5 heteroatoms. The van der Waals surface area contributed by atoms with E-state index in [1.54, 1.807) is 0 Å². The summed E-state index contributed by atoms with van der Waals surface area (Å²) in [7, 11) is 0. The van der Waals surface area contributed by atoms with Crippen LogP contribution in [0.15, 0.2) is 48.5 Å². The summed E-state index contributed by atoms with van der Waals surface area (Å²) in [5.41, 5.74) is 3.64. The van der Waals surface area contributed by atoms with Crippen molar-refractivity contribution in [2.45, 2.75) is 43.2 Å². The molecule has 0 aromatic heterocycles. The van der Waals surface area contributed by atoms with Gasteiger partial charge >= 0.3 is 12.1 Å². The zero-order valence-electron chi connectivity index (χ0n) is 14.9. The molecule has 2 fully saturated rings. The number of benzene rings is 2. The minimum absolute atomic E-state index is 0.0101. The summed E-state index contributed by atoms with van der Waals surface area (Å²) >= 11 is 0. The van der Waals surface area contributed by atoms with Crippen LogP contribution in [0.3, 0.4) is 0 Å². The molecule has 5 nitrogen and oxygen atoms in total. The molecule has 2 aliphatic carbocycles. The number of carboxylic acid groups (broad SMARTS) is 1. The molecule has 1 heterocycles. The number of fused-ring (bicyclic) bond motifs is 4. The van der Waals surface area contributed by atoms with E-state index < -0.39 is 17.6 Å². The summed E-state index contributed by atoms with van der Waals surface area (Å²) in [6, 6.07) is 16.1. The number of hydrogen-bond acceptors (Lipinski definition) is 3. The van der Waals surface area contributed by atoms with Crippen molar-refractivity contribution in [2.24, 2.45) is 0 Å². The Morgan fingerprint density at radius 1 is 1.04 bits per heavy atom.